The number of anilines is 1. The van der Waals surface area contributed by atoms with Gasteiger partial charge in [0.25, 0.3) is 5.78 Å². The third-order valence-electron chi connectivity index (χ3n) is 3.10. The first-order valence-corrected chi connectivity index (χ1v) is 6.05. The zero-order chi connectivity index (χ0) is 14.0. The first-order valence-electron chi connectivity index (χ1n) is 6.05. The molecule has 0 aromatic heterocycles. The largest absolute Gasteiger partial charge is 0.454 e. The normalized spacial score (nSPS) is 15.8. The van der Waals surface area contributed by atoms with Crippen LogP contribution in [0.25, 0.3) is 0 Å². The second-order valence-corrected chi connectivity index (χ2v) is 4.63. The molecule has 0 spiro atoms. The van der Waals surface area contributed by atoms with Crippen LogP contribution in [-0.4, -0.2) is 12.0 Å². The summed E-state index contributed by atoms with van der Waals surface area (Å²) in [5.41, 5.74) is 2.03. The van der Waals surface area contributed by atoms with E-state index in [-0.39, 0.29) is 12.0 Å². The molecule has 19 heavy (non-hydrogen) atoms. The SMILES string of the molecule is Cc1ccc(NC2=C(C(=O)C(F)(F)F)CCC2)cc1. The van der Waals surface area contributed by atoms with E-state index in [4.69, 9.17) is 0 Å². The summed E-state index contributed by atoms with van der Waals surface area (Å²) in [5, 5.41) is 2.93. The number of carbonyl (C=O) groups is 1. The molecule has 0 radical (unpaired) electrons. The van der Waals surface area contributed by atoms with E-state index >= 15 is 0 Å². The van der Waals surface area contributed by atoms with Crippen LogP contribution in [0.5, 0.6) is 0 Å². The Morgan fingerprint density at radius 2 is 1.79 bits per heavy atom. The number of benzene rings is 1. The summed E-state index contributed by atoms with van der Waals surface area (Å²) in [6.45, 7) is 1.93. The first kappa shape index (κ1) is 13.6. The van der Waals surface area contributed by atoms with E-state index in [0.717, 1.165) is 5.56 Å². The van der Waals surface area contributed by atoms with Gasteiger partial charge in [-0.2, -0.15) is 13.2 Å². The van der Waals surface area contributed by atoms with Gasteiger partial charge in [-0.1, -0.05) is 17.7 Å². The molecule has 5 heteroatoms. The average molecular weight is 269 g/mol. The van der Waals surface area contributed by atoms with Gasteiger partial charge < -0.3 is 5.32 Å². The maximum absolute atomic E-state index is 12.5. The number of carbonyl (C=O) groups excluding carboxylic acids is 1. The molecule has 0 atom stereocenters. The maximum Gasteiger partial charge on any atom is 0.454 e. The van der Waals surface area contributed by atoms with Gasteiger partial charge in [0.2, 0.25) is 0 Å². The summed E-state index contributed by atoms with van der Waals surface area (Å²) in [6.07, 6.45) is -3.55. The molecule has 0 aliphatic heterocycles. The minimum Gasteiger partial charge on any atom is -0.359 e. The Balaban J connectivity index is 2.22. The van der Waals surface area contributed by atoms with Crippen LogP contribution in [-0.2, 0) is 4.79 Å². The lowest BCUT2D eigenvalue weighted by Gasteiger charge is -2.11. The van der Waals surface area contributed by atoms with Crippen molar-refractivity contribution in [1.29, 1.82) is 0 Å². The number of halogens is 3. The average Bonchev–Trinajstić information content (AvgIpc) is 2.78. The van der Waals surface area contributed by atoms with Gasteiger partial charge in [0.05, 0.1) is 0 Å². The van der Waals surface area contributed by atoms with Gasteiger partial charge in [0.15, 0.2) is 0 Å². The summed E-state index contributed by atoms with van der Waals surface area (Å²) < 4.78 is 37.4. The van der Waals surface area contributed by atoms with Crippen molar-refractivity contribution in [2.45, 2.75) is 32.4 Å². The van der Waals surface area contributed by atoms with Gasteiger partial charge in [-0.15, -0.1) is 0 Å². The lowest BCUT2D eigenvalue weighted by molar-refractivity contribution is -0.166. The second-order valence-electron chi connectivity index (χ2n) is 4.63. The predicted octanol–water partition coefficient (Wildman–Crippen LogP) is 3.98. The summed E-state index contributed by atoms with van der Waals surface area (Å²) in [5.74, 6) is -1.72. The number of hydrogen-bond acceptors (Lipinski definition) is 2. The van der Waals surface area contributed by atoms with Gasteiger partial charge >= 0.3 is 6.18 Å². The molecule has 0 bridgehead atoms. The van der Waals surface area contributed by atoms with Crippen LogP contribution in [0, 0.1) is 6.92 Å². The van der Waals surface area contributed by atoms with Crippen LogP contribution in [0.3, 0.4) is 0 Å². The van der Waals surface area contributed by atoms with E-state index in [0.29, 0.717) is 24.2 Å². The molecule has 0 heterocycles. The van der Waals surface area contributed by atoms with E-state index in [1.807, 2.05) is 19.1 Å². The minimum atomic E-state index is -4.79. The number of allylic oxidation sites excluding steroid dienone is 2. The number of aryl methyl sites for hydroxylation is 1. The number of Topliss-reactive ketones (excluding diaryl/α,β-unsaturated/α-hetero) is 1. The van der Waals surface area contributed by atoms with Gasteiger partial charge in [-0.05, 0) is 38.3 Å². The summed E-state index contributed by atoms with van der Waals surface area (Å²) in [7, 11) is 0. The van der Waals surface area contributed by atoms with Crippen molar-refractivity contribution in [3.8, 4) is 0 Å². The Morgan fingerprint density at radius 3 is 2.37 bits per heavy atom. The zero-order valence-electron chi connectivity index (χ0n) is 10.5. The molecule has 0 saturated heterocycles. The number of alkyl halides is 3. The van der Waals surface area contributed by atoms with Gasteiger partial charge in [-0.3, -0.25) is 4.79 Å². The van der Waals surface area contributed by atoms with Crippen LogP contribution in [0.15, 0.2) is 35.5 Å². The predicted molar refractivity (Wildman–Crippen MR) is 66.7 cm³/mol. The Kier molecular flexibility index (Phi) is 3.64. The molecule has 2 nitrogen and oxygen atoms in total. The molecule has 1 N–H and O–H groups in total. The van der Waals surface area contributed by atoms with Crippen LogP contribution >= 0.6 is 0 Å². The quantitative estimate of drug-likeness (QED) is 0.899. The molecule has 0 fully saturated rings. The smallest absolute Gasteiger partial charge is 0.359 e. The summed E-state index contributed by atoms with van der Waals surface area (Å²) >= 11 is 0. The van der Waals surface area contributed by atoms with E-state index < -0.39 is 12.0 Å². The van der Waals surface area contributed by atoms with E-state index in [1.54, 1.807) is 12.1 Å². The third kappa shape index (κ3) is 3.16. The summed E-state index contributed by atoms with van der Waals surface area (Å²) in [6, 6.07) is 7.30. The number of hydrogen-bond donors (Lipinski definition) is 1. The van der Waals surface area contributed by atoms with Crippen LogP contribution in [0.1, 0.15) is 24.8 Å². The van der Waals surface area contributed by atoms with Crippen molar-refractivity contribution >= 4 is 11.5 Å². The lowest BCUT2D eigenvalue weighted by Crippen LogP contribution is -2.25. The van der Waals surface area contributed by atoms with E-state index in [2.05, 4.69) is 5.32 Å². The van der Waals surface area contributed by atoms with Crippen LogP contribution < -0.4 is 5.32 Å². The highest BCUT2D eigenvalue weighted by molar-refractivity contribution is 6.01. The molecule has 0 saturated carbocycles. The van der Waals surface area contributed by atoms with Crippen molar-refractivity contribution in [2.24, 2.45) is 0 Å². The highest BCUT2D eigenvalue weighted by atomic mass is 19.4. The number of rotatable bonds is 3. The third-order valence-corrected chi connectivity index (χ3v) is 3.10. The number of nitrogens with one attached hydrogen (secondary N) is 1. The van der Waals surface area contributed by atoms with E-state index in [1.165, 1.54) is 0 Å². The molecule has 1 aliphatic carbocycles. The zero-order valence-corrected chi connectivity index (χ0v) is 10.5. The number of ketones is 1. The monoisotopic (exact) mass is 269 g/mol. The molecule has 1 aromatic carbocycles. The van der Waals surface area contributed by atoms with Crippen molar-refractivity contribution in [2.75, 3.05) is 5.32 Å². The van der Waals surface area contributed by atoms with Gasteiger partial charge in [0.1, 0.15) is 0 Å². The molecule has 0 unspecified atom stereocenters. The topological polar surface area (TPSA) is 29.1 Å². The fourth-order valence-corrected chi connectivity index (χ4v) is 2.11. The van der Waals surface area contributed by atoms with Gasteiger partial charge in [0, 0.05) is 17.0 Å². The Labute approximate surface area is 109 Å². The molecule has 2 rings (SSSR count). The van der Waals surface area contributed by atoms with Crippen molar-refractivity contribution in [1.82, 2.24) is 0 Å². The Hall–Kier alpha value is -1.78. The highest BCUT2D eigenvalue weighted by Gasteiger charge is 2.42. The fourth-order valence-electron chi connectivity index (χ4n) is 2.11. The fraction of sp³-hybridized carbons (Fsp3) is 0.357. The highest BCUT2D eigenvalue weighted by Crippen LogP contribution is 2.32. The van der Waals surface area contributed by atoms with Crippen molar-refractivity contribution in [3.05, 3.63) is 41.1 Å². The van der Waals surface area contributed by atoms with Crippen molar-refractivity contribution < 1.29 is 18.0 Å². The van der Waals surface area contributed by atoms with Gasteiger partial charge in [-0.25, -0.2) is 0 Å². The second kappa shape index (κ2) is 5.07. The standard InChI is InChI=1S/C14H14F3NO/c1-9-5-7-10(8-6-9)18-12-4-2-3-11(12)13(19)14(15,16)17/h5-8,18H,2-4H2,1H3. The Bertz CT molecular complexity index is 514. The van der Waals surface area contributed by atoms with E-state index in [9.17, 15) is 18.0 Å². The van der Waals surface area contributed by atoms with Crippen molar-refractivity contribution in [3.63, 3.8) is 0 Å². The van der Waals surface area contributed by atoms with Crippen LogP contribution in [0.2, 0.25) is 0 Å². The first-order chi connectivity index (χ1) is 8.88. The maximum atomic E-state index is 12.5. The summed E-state index contributed by atoms with van der Waals surface area (Å²) in [4.78, 5) is 11.3. The minimum absolute atomic E-state index is 0.131. The molecule has 0 amide bonds. The molecule has 1 aliphatic rings. The molecule has 102 valence electrons. The lowest BCUT2D eigenvalue weighted by atomic mass is 10.1. The molecular formula is C14H14F3NO. The van der Waals surface area contributed by atoms with Crippen LogP contribution in [0.4, 0.5) is 18.9 Å². The molecule has 1 aromatic rings. The Morgan fingerprint density at radius 1 is 1.16 bits per heavy atom. The molecular weight excluding hydrogens is 255 g/mol.